The summed E-state index contributed by atoms with van der Waals surface area (Å²) in [6.45, 7) is 3.70. The lowest BCUT2D eigenvalue weighted by molar-refractivity contribution is -0.142. The van der Waals surface area contributed by atoms with E-state index in [1.54, 1.807) is 38.1 Å². The summed E-state index contributed by atoms with van der Waals surface area (Å²) in [5.41, 5.74) is 0.524. The molecule has 1 atom stereocenters. The Morgan fingerprint density at radius 1 is 1.35 bits per heavy atom. The van der Waals surface area contributed by atoms with Crippen molar-refractivity contribution in [3.05, 3.63) is 34.9 Å². The molecule has 5 heteroatoms. The Bertz CT molecular complexity index is 403. The van der Waals surface area contributed by atoms with Crippen LogP contribution in [0.3, 0.4) is 0 Å². The summed E-state index contributed by atoms with van der Waals surface area (Å²) in [5, 5.41) is -0.0923. The van der Waals surface area contributed by atoms with E-state index in [1.807, 2.05) is 0 Å². The first kappa shape index (κ1) is 14.1. The Kier molecular flexibility index (Phi) is 5.51. The summed E-state index contributed by atoms with van der Waals surface area (Å²) >= 11 is 6.67. The number of halogens is 1. The minimum Gasteiger partial charge on any atom is -0.465 e. The molecule has 1 aromatic rings. The standard InChI is InChI=1S/C12H13ClO3S/c1-3-16-11(14)8(2)17-12(15)9-4-6-10(13)7-5-9/h4-8H,3H2,1-2H3. The number of hydrogen-bond acceptors (Lipinski definition) is 4. The van der Waals surface area contributed by atoms with Crippen molar-refractivity contribution in [1.29, 1.82) is 0 Å². The van der Waals surface area contributed by atoms with E-state index in [9.17, 15) is 9.59 Å². The minimum absolute atomic E-state index is 0.165. The van der Waals surface area contributed by atoms with E-state index < -0.39 is 5.25 Å². The monoisotopic (exact) mass is 272 g/mol. The molecule has 17 heavy (non-hydrogen) atoms. The number of hydrogen-bond donors (Lipinski definition) is 0. The van der Waals surface area contributed by atoms with Crippen LogP contribution in [0.15, 0.2) is 24.3 Å². The Morgan fingerprint density at radius 3 is 2.47 bits per heavy atom. The van der Waals surface area contributed by atoms with Gasteiger partial charge in [0.05, 0.1) is 6.61 Å². The summed E-state index contributed by atoms with van der Waals surface area (Å²) in [4.78, 5) is 23.1. The molecule has 1 rings (SSSR count). The molecule has 0 amide bonds. The van der Waals surface area contributed by atoms with Crippen LogP contribution < -0.4 is 0 Å². The van der Waals surface area contributed by atoms with Gasteiger partial charge in [0.15, 0.2) is 0 Å². The fourth-order valence-corrected chi connectivity index (χ4v) is 2.01. The number of thioether (sulfide) groups is 1. The van der Waals surface area contributed by atoms with E-state index in [4.69, 9.17) is 16.3 Å². The number of carbonyl (C=O) groups is 2. The highest BCUT2D eigenvalue weighted by atomic mass is 35.5. The van der Waals surface area contributed by atoms with Crippen molar-refractivity contribution in [1.82, 2.24) is 0 Å². The van der Waals surface area contributed by atoms with Gasteiger partial charge in [0.2, 0.25) is 5.12 Å². The van der Waals surface area contributed by atoms with E-state index in [2.05, 4.69) is 0 Å². The Morgan fingerprint density at radius 2 is 1.94 bits per heavy atom. The van der Waals surface area contributed by atoms with Gasteiger partial charge in [-0.15, -0.1) is 0 Å². The zero-order valence-corrected chi connectivity index (χ0v) is 11.2. The first-order valence-electron chi connectivity index (χ1n) is 5.17. The Hall–Kier alpha value is -1.00. The quantitative estimate of drug-likeness (QED) is 0.790. The van der Waals surface area contributed by atoms with Gasteiger partial charge in [0, 0.05) is 10.6 Å². The van der Waals surface area contributed by atoms with Crippen molar-refractivity contribution in [2.45, 2.75) is 19.1 Å². The summed E-state index contributed by atoms with van der Waals surface area (Å²) in [5.74, 6) is -0.375. The van der Waals surface area contributed by atoms with Gasteiger partial charge in [-0.1, -0.05) is 23.4 Å². The molecule has 0 aromatic heterocycles. The molecule has 0 radical (unpaired) electrons. The molecule has 0 N–H and O–H groups in total. The predicted molar refractivity (Wildman–Crippen MR) is 69.5 cm³/mol. The van der Waals surface area contributed by atoms with E-state index in [0.717, 1.165) is 11.8 Å². The zero-order chi connectivity index (χ0) is 12.8. The van der Waals surface area contributed by atoms with Crippen molar-refractivity contribution in [3.63, 3.8) is 0 Å². The summed E-state index contributed by atoms with van der Waals surface area (Å²) in [6, 6.07) is 6.56. The number of benzene rings is 1. The van der Waals surface area contributed by atoms with Crippen LogP contribution in [0.2, 0.25) is 5.02 Å². The lowest BCUT2D eigenvalue weighted by atomic mass is 10.2. The van der Waals surface area contributed by atoms with Crippen LogP contribution >= 0.6 is 23.4 Å². The van der Waals surface area contributed by atoms with Crippen LogP contribution in [0.5, 0.6) is 0 Å². The first-order chi connectivity index (χ1) is 8.04. The van der Waals surface area contributed by atoms with Crippen LogP contribution in [-0.4, -0.2) is 22.9 Å². The average molecular weight is 273 g/mol. The molecular weight excluding hydrogens is 260 g/mol. The second-order valence-corrected chi connectivity index (χ2v) is 5.06. The van der Waals surface area contributed by atoms with Gasteiger partial charge in [-0.3, -0.25) is 9.59 Å². The molecule has 0 saturated heterocycles. The Labute approximate surface area is 109 Å². The van der Waals surface area contributed by atoms with Crippen LogP contribution in [-0.2, 0) is 9.53 Å². The molecule has 92 valence electrons. The smallest absolute Gasteiger partial charge is 0.319 e. The lowest BCUT2D eigenvalue weighted by Crippen LogP contribution is -2.18. The van der Waals surface area contributed by atoms with E-state index in [-0.39, 0.29) is 11.1 Å². The van der Waals surface area contributed by atoms with Gasteiger partial charge in [-0.25, -0.2) is 0 Å². The van der Waals surface area contributed by atoms with Crippen LogP contribution in [0.1, 0.15) is 24.2 Å². The van der Waals surface area contributed by atoms with Crippen molar-refractivity contribution in [2.24, 2.45) is 0 Å². The molecule has 0 aliphatic rings. The fourth-order valence-electron chi connectivity index (χ4n) is 1.12. The van der Waals surface area contributed by atoms with Gasteiger partial charge < -0.3 is 4.74 Å². The third-order valence-electron chi connectivity index (χ3n) is 1.98. The van der Waals surface area contributed by atoms with Gasteiger partial charge >= 0.3 is 5.97 Å². The molecule has 0 fully saturated rings. The topological polar surface area (TPSA) is 43.4 Å². The van der Waals surface area contributed by atoms with Gasteiger partial charge in [-0.05, 0) is 38.1 Å². The molecule has 0 heterocycles. The Balaban J connectivity index is 2.60. The van der Waals surface area contributed by atoms with Crippen molar-refractivity contribution >= 4 is 34.4 Å². The highest BCUT2D eigenvalue weighted by molar-refractivity contribution is 8.15. The maximum atomic E-state index is 11.8. The maximum Gasteiger partial charge on any atom is 0.319 e. The third-order valence-corrected chi connectivity index (χ3v) is 3.23. The summed E-state index contributed by atoms with van der Waals surface area (Å²) in [6.07, 6.45) is 0. The van der Waals surface area contributed by atoms with Crippen molar-refractivity contribution in [3.8, 4) is 0 Å². The fraction of sp³-hybridized carbons (Fsp3) is 0.333. The van der Waals surface area contributed by atoms with E-state index in [1.165, 1.54) is 0 Å². The molecular formula is C12H13ClO3S. The van der Waals surface area contributed by atoms with Crippen LogP contribution in [0.4, 0.5) is 0 Å². The van der Waals surface area contributed by atoms with Crippen molar-refractivity contribution in [2.75, 3.05) is 6.61 Å². The zero-order valence-electron chi connectivity index (χ0n) is 9.60. The molecule has 0 saturated carbocycles. The normalized spacial score (nSPS) is 11.9. The largest absolute Gasteiger partial charge is 0.465 e. The molecule has 1 aromatic carbocycles. The molecule has 1 unspecified atom stereocenters. The van der Waals surface area contributed by atoms with Crippen molar-refractivity contribution < 1.29 is 14.3 Å². The molecule has 0 aliphatic carbocycles. The molecule has 0 spiro atoms. The second-order valence-electron chi connectivity index (χ2n) is 3.31. The average Bonchev–Trinajstić information content (AvgIpc) is 2.30. The molecule has 3 nitrogen and oxygen atoms in total. The van der Waals surface area contributed by atoms with Gasteiger partial charge in [0.1, 0.15) is 5.25 Å². The second kappa shape index (κ2) is 6.67. The highest BCUT2D eigenvalue weighted by Gasteiger charge is 2.19. The highest BCUT2D eigenvalue weighted by Crippen LogP contribution is 2.20. The minimum atomic E-state index is -0.502. The number of rotatable bonds is 4. The van der Waals surface area contributed by atoms with Crippen LogP contribution in [0, 0.1) is 0 Å². The van der Waals surface area contributed by atoms with Crippen LogP contribution in [0.25, 0.3) is 0 Å². The SMILES string of the molecule is CCOC(=O)C(C)SC(=O)c1ccc(Cl)cc1. The number of esters is 1. The van der Waals surface area contributed by atoms with E-state index >= 15 is 0 Å². The third kappa shape index (κ3) is 4.40. The molecule has 0 aliphatic heterocycles. The molecule has 0 bridgehead atoms. The number of ether oxygens (including phenoxy) is 1. The van der Waals surface area contributed by atoms with Gasteiger partial charge in [0.25, 0.3) is 0 Å². The summed E-state index contributed by atoms with van der Waals surface area (Å²) in [7, 11) is 0. The predicted octanol–water partition coefficient (Wildman–Crippen LogP) is 3.17. The van der Waals surface area contributed by atoms with Gasteiger partial charge in [-0.2, -0.15) is 0 Å². The lowest BCUT2D eigenvalue weighted by Gasteiger charge is -2.08. The first-order valence-corrected chi connectivity index (χ1v) is 6.43. The number of carbonyl (C=O) groups excluding carboxylic acids is 2. The summed E-state index contributed by atoms with van der Waals surface area (Å²) < 4.78 is 4.83. The van der Waals surface area contributed by atoms with E-state index in [0.29, 0.717) is 17.2 Å². The maximum absolute atomic E-state index is 11.8.